The first-order valence-corrected chi connectivity index (χ1v) is 7.80. The van der Waals surface area contributed by atoms with E-state index < -0.39 is 0 Å². The number of hydrogen-bond acceptors (Lipinski definition) is 2. The van der Waals surface area contributed by atoms with Crippen molar-refractivity contribution >= 4 is 15.9 Å². The van der Waals surface area contributed by atoms with Gasteiger partial charge in [0.2, 0.25) is 0 Å². The Morgan fingerprint density at radius 2 is 2.21 bits per heavy atom. The molecule has 1 aliphatic rings. The summed E-state index contributed by atoms with van der Waals surface area (Å²) in [5, 5.41) is 0. The molecule has 3 atom stereocenters. The third-order valence-corrected chi connectivity index (χ3v) is 4.94. The van der Waals surface area contributed by atoms with Gasteiger partial charge in [0.15, 0.2) is 0 Å². The Balaban J connectivity index is 2.35. The van der Waals surface area contributed by atoms with Crippen molar-refractivity contribution < 1.29 is 4.39 Å². The van der Waals surface area contributed by atoms with Gasteiger partial charge < -0.3 is 5.73 Å². The molecular weight excluding hydrogens is 307 g/mol. The van der Waals surface area contributed by atoms with Gasteiger partial charge in [-0.25, -0.2) is 4.39 Å². The lowest BCUT2D eigenvalue weighted by molar-refractivity contribution is 0.136. The molecule has 0 aromatic heterocycles. The Morgan fingerprint density at radius 1 is 1.47 bits per heavy atom. The van der Waals surface area contributed by atoms with E-state index in [1.54, 1.807) is 12.1 Å². The molecule has 0 amide bonds. The molecule has 2 rings (SSSR count). The van der Waals surface area contributed by atoms with Gasteiger partial charge in [-0.15, -0.1) is 0 Å². The number of nitrogens with zero attached hydrogens (tertiary/aromatic N) is 1. The van der Waals surface area contributed by atoms with Gasteiger partial charge in [-0.3, -0.25) is 4.90 Å². The number of halogens is 2. The standard InChI is InChI=1S/C15H22BrFN2/c1-3-12-6-4-10(2)19(12)15(9-18)13-8-11(17)5-7-14(13)16/h5,7-8,10,12,15H,3-4,6,9,18H2,1-2H3. The predicted molar refractivity (Wildman–Crippen MR) is 80.5 cm³/mol. The van der Waals surface area contributed by atoms with Gasteiger partial charge in [0.1, 0.15) is 5.82 Å². The molecule has 1 fully saturated rings. The molecule has 1 saturated heterocycles. The molecule has 0 bridgehead atoms. The second kappa shape index (κ2) is 6.33. The number of rotatable bonds is 4. The van der Waals surface area contributed by atoms with Crippen LogP contribution in [-0.2, 0) is 0 Å². The molecular formula is C15H22BrFN2. The summed E-state index contributed by atoms with van der Waals surface area (Å²) in [6.45, 7) is 4.97. The minimum Gasteiger partial charge on any atom is -0.329 e. The van der Waals surface area contributed by atoms with Crippen molar-refractivity contribution in [2.45, 2.75) is 51.2 Å². The van der Waals surface area contributed by atoms with Gasteiger partial charge in [0.05, 0.1) is 0 Å². The fourth-order valence-electron chi connectivity index (χ4n) is 3.25. The fraction of sp³-hybridized carbons (Fsp3) is 0.600. The Bertz CT molecular complexity index is 438. The van der Waals surface area contributed by atoms with Crippen LogP contribution in [0.1, 0.15) is 44.7 Å². The van der Waals surface area contributed by atoms with Gasteiger partial charge in [0.25, 0.3) is 0 Å². The minimum absolute atomic E-state index is 0.0903. The average Bonchev–Trinajstić information content (AvgIpc) is 2.76. The predicted octanol–water partition coefficient (Wildman–Crippen LogP) is 3.85. The normalized spacial score (nSPS) is 25.7. The summed E-state index contributed by atoms with van der Waals surface area (Å²) < 4.78 is 14.5. The highest BCUT2D eigenvalue weighted by molar-refractivity contribution is 9.10. The number of likely N-dealkylation sites (tertiary alicyclic amines) is 1. The molecule has 1 aromatic carbocycles. The molecule has 0 radical (unpaired) electrons. The third-order valence-electron chi connectivity index (χ3n) is 4.22. The molecule has 0 aliphatic carbocycles. The zero-order chi connectivity index (χ0) is 14.0. The molecule has 0 saturated carbocycles. The van der Waals surface area contributed by atoms with E-state index in [0.29, 0.717) is 18.6 Å². The second-order valence-electron chi connectivity index (χ2n) is 5.35. The van der Waals surface area contributed by atoms with E-state index in [2.05, 4.69) is 34.7 Å². The van der Waals surface area contributed by atoms with Crippen molar-refractivity contribution in [2.24, 2.45) is 5.73 Å². The van der Waals surface area contributed by atoms with Crippen LogP contribution in [0.25, 0.3) is 0 Å². The second-order valence-corrected chi connectivity index (χ2v) is 6.21. The maximum absolute atomic E-state index is 13.5. The number of nitrogens with two attached hydrogens (primary N) is 1. The SMILES string of the molecule is CCC1CCC(C)N1C(CN)c1cc(F)ccc1Br. The maximum atomic E-state index is 13.5. The van der Waals surface area contributed by atoms with Crippen molar-refractivity contribution in [1.29, 1.82) is 0 Å². The van der Waals surface area contributed by atoms with Crippen LogP contribution in [0.5, 0.6) is 0 Å². The summed E-state index contributed by atoms with van der Waals surface area (Å²) in [5.74, 6) is -0.198. The zero-order valence-corrected chi connectivity index (χ0v) is 13.2. The number of hydrogen-bond donors (Lipinski definition) is 1. The van der Waals surface area contributed by atoms with Gasteiger partial charge in [-0.2, -0.15) is 0 Å². The van der Waals surface area contributed by atoms with E-state index in [1.165, 1.54) is 18.9 Å². The summed E-state index contributed by atoms with van der Waals surface area (Å²) in [6, 6.07) is 6.01. The first-order chi connectivity index (χ1) is 9.08. The van der Waals surface area contributed by atoms with Gasteiger partial charge in [-0.1, -0.05) is 22.9 Å². The van der Waals surface area contributed by atoms with Crippen molar-refractivity contribution in [2.75, 3.05) is 6.54 Å². The van der Waals surface area contributed by atoms with Crippen LogP contribution in [0.3, 0.4) is 0 Å². The lowest BCUT2D eigenvalue weighted by atomic mass is 10.0. The van der Waals surface area contributed by atoms with Crippen molar-refractivity contribution in [3.05, 3.63) is 34.1 Å². The van der Waals surface area contributed by atoms with E-state index in [-0.39, 0.29) is 11.9 Å². The Hall–Kier alpha value is -0.450. The van der Waals surface area contributed by atoms with Crippen LogP contribution < -0.4 is 5.73 Å². The Morgan fingerprint density at radius 3 is 2.84 bits per heavy atom. The summed E-state index contributed by atoms with van der Waals surface area (Å²) in [7, 11) is 0. The molecule has 19 heavy (non-hydrogen) atoms. The molecule has 106 valence electrons. The molecule has 4 heteroatoms. The highest BCUT2D eigenvalue weighted by Crippen LogP contribution is 2.37. The molecule has 3 unspecified atom stereocenters. The van der Waals surface area contributed by atoms with Gasteiger partial charge >= 0.3 is 0 Å². The maximum Gasteiger partial charge on any atom is 0.123 e. The fourth-order valence-corrected chi connectivity index (χ4v) is 3.76. The lowest BCUT2D eigenvalue weighted by Crippen LogP contribution is -2.41. The first-order valence-electron chi connectivity index (χ1n) is 7.00. The van der Waals surface area contributed by atoms with Gasteiger partial charge in [-0.05, 0) is 49.9 Å². The van der Waals surface area contributed by atoms with E-state index in [0.717, 1.165) is 16.5 Å². The van der Waals surface area contributed by atoms with Gasteiger partial charge in [0, 0.05) is 29.1 Å². The van der Waals surface area contributed by atoms with Crippen LogP contribution >= 0.6 is 15.9 Å². The first kappa shape index (κ1) is 14.9. The van der Waals surface area contributed by atoms with E-state index in [1.807, 2.05) is 0 Å². The van der Waals surface area contributed by atoms with Crippen molar-refractivity contribution in [3.63, 3.8) is 0 Å². The average molecular weight is 329 g/mol. The van der Waals surface area contributed by atoms with E-state index >= 15 is 0 Å². The highest BCUT2D eigenvalue weighted by atomic mass is 79.9. The number of benzene rings is 1. The van der Waals surface area contributed by atoms with E-state index in [4.69, 9.17) is 5.73 Å². The summed E-state index contributed by atoms with van der Waals surface area (Å²) >= 11 is 3.53. The van der Waals surface area contributed by atoms with E-state index in [9.17, 15) is 4.39 Å². The smallest absolute Gasteiger partial charge is 0.123 e. The molecule has 1 heterocycles. The molecule has 2 N–H and O–H groups in total. The Kier molecular flexibility index (Phi) is 4.98. The highest BCUT2D eigenvalue weighted by Gasteiger charge is 2.35. The molecule has 1 aromatic rings. The molecule has 0 spiro atoms. The van der Waals surface area contributed by atoms with Crippen LogP contribution in [0, 0.1) is 5.82 Å². The van der Waals surface area contributed by atoms with Crippen LogP contribution in [-0.4, -0.2) is 23.5 Å². The zero-order valence-electron chi connectivity index (χ0n) is 11.6. The van der Waals surface area contributed by atoms with Crippen LogP contribution in [0.2, 0.25) is 0 Å². The summed E-state index contributed by atoms with van der Waals surface area (Å²) in [5.41, 5.74) is 6.97. The lowest BCUT2D eigenvalue weighted by Gasteiger charge is -2.36. The van der Waals surface area contributed by atoms with Crippen LogP contribution in [0.15, 0.2) is 22.7 Å². The quantitative estimate of drug-likeness (QED) is 0.909. The molecule has 1 aliphatic heterocycles. The summed E-state index contributed by atoms with van der Waals surface area (Å²) in [4.78, 5) is 2.47. The third kappa shape index (κ3) is 3.01. The minimum atomic E-state index is -0.198. The largest absolute Gasteiger partial charge is 0.329 e. The van der Waals surface area contributed by atoms with Crippen molar-refractivity contribution in [3.8, 4) is 0 Å². The monoisotopic (exact) mass is 328 g/mol. The topological polar surface area (TPSA) is 29.3 Å². The van der Waals surface area contributed by atoms with Crippen LogP contribution in [0.4, 0.5) is 4.39 Å². The van der Waals surface area contributed by atoms with Crippen molar-refractivity contribution in [1.82, 2.24) is 4.90 Å². The summed E-state index contributed by atoms with van der Waals surface area (Å²) in [6.07, 6.45) is 3.52. The molecule has 2 nitrogen and oxygen atoms in total. The Labute approximate surface area is 123 Å².